The molecule has 19 heavy (non-hydrogen) atoms. The minimum atomic E-state index is -0.451. The molecule has 1 atom stereocenters. The fraction of sp³-hybridized carbons (Fsp3) is 0.385. The molecule has 0 heterocycles. The monoisotopic (exact) mass is 262 g/mol. The number of nitrogens with two attached hydrogens (primary N) is 1. The summed E-state index contributed by atoms with van der Waals surface area (Å²) in [6, 6.07) is 6.46. The molecule has 4 N–H and O–H groups in total. The average Bonchev–Trinajstić information content (AvgIpc) is 2.41. The standard InChI is InChI=1S/C13H18N4O2/c1-9(13(18)16-5-6-19-2)17-12-7-10(8-14)3-4-11(12)15/h3-4,7,9,17H,5-6,15H2,1-2H3,(H,16,18). The van der Waals surface area contributed by atoms with Gasteiger partial charge in [0.05, 0.1) is 29.6 Å². The number of carbonyl (C=O) groups is 1. The molecular formula is C13H18N4O2. The van der Waals surface area contributed by atoms with E-state index in [1.807, 2.05) is 6.07 Å². The summed E-state index contributed by atoms with van der Waals surface area (Å²) in [5.41, 5.74) is 7.35. The van der Waals surface area contributed by atoms with Gasteiger partial charge in [-0.05, 0) is 25.1 Å². The molecule has 1 rings (SSSR count). The molecule has 0 aliphatic carbocycles. The summed E-state index contributed by atoms with van der Waals surface area (Å²) >= 11 is 0. The molecule has 0 bridgehead atoms. The lowest BCUT2D eigenvalue weighted by Gasteiger charge is -2.16. The van der Waals surface area contributed by atoms with Crippen molar-refractivity contribution in [2.24, 2.45) is 0 Å². The van der Waals surface area contributed by atoms with Gasteiger partial charge in [-0.1, -0.05) is 0 Å². The van der Waals surface area contributed by atoms with Crippen molar-refractivity contribution in [3.8, 4) is 6.07 Å². The number of anilines is 2. The molecule has 6 heteroatoms. The number of rotatable bonds is 6. The van der Waals surface area contributed by atoms with Gasteiger partial charge in [-0.25, -0.2) is 0 Å². The second-order valence-electron chi connectivity index (χ2n) is 4.06. The number of nitriles is 1. The number of hydrogen-bond acceptors (Lipinski definition) is 5. The number of nitrogens with one attached hydrogen (secondary N) is 2. The largest absolute Gasteiger partial charge is 0.397 e. The highest BCUT2D eigenvalue weighted by Crippen LogP contribution is 2.20. The van der Waals surface area contributed by atoms with Gasteiger partial charge in [0.15, 0.2) is 0 Å². The summed E-state index contributed by atoms with van der Waals surface area (Å²) in [5.74, 6) is -0.154. The van der Waals surface area contributed by atoms with Crippen LogP contribution in [0.2, 0.25) is 0 Å². The molecule has 0 spiro atoms. The lowest BCUT2D eigenvalue weighted by Crippen LogP contribution is -2.39. The van der Waals surface area contributed by atoms with Crippen molar-refractivity contribution in [3.63, 3.8) is 0 Å². The van der Waals surface area contributed by atoms with Gasteiger partial charge >= 0.3 is 0 Å². The van der Waals surface area contributed by atoms with Crippen LogP contribution in [0.1, 0.15) is 12.5 Å². The van der Waals surface area contributed by atoms with E-state index in [0.717, 1.165) is 0 Å². The van der Waals surface area contributed by atoms with Gasteiger partial charge < -0.3 is 21.1 Å². The number of nitrogen functional groups attached to an aromatic ring is 1. The highest BCUT2D eigenvalue weighted by atomic mass is 16.5. The maximum atomic E-state index is 11.8. The predicted octanol–water partition coefficient (Wildman–Crippen LogP) is 0.703. The van der Waals surface area contributed by atoms with Crippen LogP contribution >= 0.6 is 0 Å². The number of hydrogen-bond donors (Lipinski definition) is 3. The second kappa shape index (κ2) is 7.24. The number of carbonyl (C=O) groups excluding carboxylic acids is 1. The Bertz CT molecular complexity index is 482. The Morgan fingerprint density at radius 1 is 1.58 bits per heavy atom. The number of amides is 1. The number of ether oxygens (including phenoxy) is 1. The van der Waals surface area contributed by atoms with Crippen LogP contribution in [0.5, 0.6) is 0 Å². The van der Waals surface area contributed by atoms with E-state index in [-0.39, 0.29) is 5.91 Å². The van der Waals surface area contributed by atoms with Gasteiger partial charge in [-0.15, -0.1) is 0 Å². The Labute approximate surface area is 112 Å². The van der Waals surface area contributed by atoms with Crippen LogP contribution in [0.15, 0.2) is 18.2 Å². The maximum absolute atomic E-state index is 11.8. The summed E-state index contributed by atoms with van der Waals surface area (Å²) in [5, 5.41) is 14.5. The van der Waals surface area contributed by atoms with Crippen LogP contribution in [0, 0.1) is 11.3 Å². The first-order chi connectivity index (χ1) is 9.08. The van der Waals surface area contributed by atoms with E-state index in [2.05, 4.69) is 10.6 Å². The Morgan fingerprint density at radius 3 is 2.95 bits per heavy atom. The summed E-state index contributed by atoms with van der Waals surface area (Å²) in [4.78, 5) is 11.8. The minimum Gasteiger partial charge on any atom is -0.397 e. The van der Waals surface area contributed by atoms with Crippen LogP contribution in [0.3, 0.4) is 0 Å². The van der Waals surface area contributed by atoms with Crippen molar-refractivity contribution in [3.05, 3.63) is 23.8 Å². The van der Waals surface area contributed by atoms with Crippen LogP contribution < -0.4 is 16.4 Å². The van der Waals surface area contributed by atoms with E-state index in [0.29, 0.717) is 30.1 Å². The molecule has 0 saturated carbocycles. The van der Waals surface area contributed by atoms with Crippen molar-refractivity contribution in [1.29, 1.82) is 5.26 Å². The Kier molecular flexibility index (Phi) is 5.64. The molecule has 102 valence electrons. The van der Waals surface area contributed by atoms with Crippen LogP contribution in [0.25, 0.3) is 0 Å². The van der Waals surface area contributed by atoms with Crippen molar-refractivity contribution in [1.82, 2.24) is 5.32 Å². The second-order valence-corrected chi connectivity index (χ2v) is 4.06. The molecule has 0 saturated heterocycles. The Hall–Kier alpha value is -2.26. The molecule has 0 aliphatic heterocycles. The van der Waals surface area contributed by atoms with Gasteiger partial charge in [-0.3, -0.25) is 4.79 Å². The zero-order valence-electron chi connectivity index (χ0n) is 11.1. The predicted molar refractivity (Wildman–Crippen MR) is 73.5 cm³/mol. The van der Waals surface area contributed by atoms with Crippen LogP contribution in [-0.2, 0) is 9.53 Å². The number of nitrogens with zero attached hydrogens (tertiary/aromatic N) is 1. The van der Waals surface area contributed by atoms with Crippen LogP contribution in [0.4, 0.5) is 11.4 Å². The first-order valence-corrected chi connectivity index (χ1v) is 5.91. The third-order valence-electron chi connectivity index (χ3n) is 2.55. The molecule has 0 aliphatic rings. The lowest BCUT2D eigenvalue weighted by atomic mass is 10.1. The number of methoxy groups -OCH3 is 1. The minimum absolute atomic E-state index is 0.154. The summed E-state index contributed by atoms with van der Waals surface area (Å²) in [7, 11) is 1.57. The maximum Gasteiger partial charge on any atom is 0.242 e. The number of benzene rings is 1. The molecule has 1 aromatic rings. The molecule has 1 unspecified atom stereocenters. The van der Waals surface area contributed by atoms with Crippen molar-refractivity contribution >= 4 is 17.3 Å². The van der Waals surface area contributed by atoms with Gasteiger partial charge in [0.25, 0.3) is 0 Å². The molecule has 1 amide bonds. The molecule has 6 nitrogen and oxygen atoms in total. The van der Waals surface area contributed by atoms with Gasteiger partial charge in [-0.2, -0.15) is 5.26 Å². The molecule has 0 radical (unpaired) electrons. The Morgan fingerprint density at radius 2 is 2.32 bits per heavy atom. The van der Waals surface area contributed by atoms with Gasteiger partial charge in [0.1, 0.15) is 6.04 Å². The fourth-order valence-corrected chi connectivity index (χ4v) is 1.48. The van der Waals surface area contributed by atoms with Gasteiger partial charge in [0, 0.05) is 13.7 Å². The molecule has 0 fully saturated rings. The normalized spacial score (nSPS) is 11.4. The van der Waals surface area contributed by atoms with Crippen molar-refractivity contribution in [2.45, 2.75) is 13.0 Å². The SMILES string of the molecule is COCCNC(=O)C(C)Nc1cc(C#N)ccc1N. The van der Waals surface area contributed by atoms with E-state index in [4.69, 9.17) is 15.7 Å². The zero-order valence-corrected chi connectivity index (χ0v) is 11.1. The van der Waals surface area contributed by atoms with Gasteiger partial charge in [0.2, 0.25) is 5.91 Å². The summed E-state index contributed by atoms with van der Waals surface area (Å²) in [6.07, 6.45) is 0. The zero-order chi connectivity index (χ0) is 14.3. The van der Waals surface area contributed by atoms with E-state index in [1.165, 1.54) is 0 Å². The molecule has 0 aromatic heterocycles. The van der Waals surface area contributed by atoms with E-state index in [9.17, 15) is 4.79 Å². The average molecular weight is 262 g/mol. The smallest absolute Gasteiger partial charge is 0.242 e. The summed E-state index contributed by atoms with van der Waals surface area (Å²) < 4.78 is 4.85. The van der Waals surface area contributed by atoms with Crippen molar-refractivity contribution in [2.75, 3.05) is 31.3 Å². The Balaban J connectivity index is 2.63. The first kappa shape index (κ1) is 14.8. The lowest BCUT2D eigenvalue weighted by molar-refractivity contribution is -0.121. The van der Waals surface area contributed by atoms with Crippen LogP contribution in [-0.4, -0.2) is 32.2 Å². The molecular weight excluding hydrogens is 244 g/mol. The highest BCUT2D eigenvalue weighted by molar-refractivity contribution is 5.85. The van der Waals surface area contributed by atoms with E-state index < -0.39 is 6.04 Å². The van der Waals surface area contributed by atoms with Crippen molar-refractivity contribution < 1.29 is 9.53 Å². The fourth-order valence-electron chi connectivity index (χ4n) is 1.48. The third kappa shape index (κ3) is 4.48. The third-order valence-corrected chi connectivity index (χ3v) is 2.55. The molecule has 1 aromatic carbocycles. The highest BCUT2D eigenvalue weighted by Gasteiger charge is 2.13. The topological polar surface area (TPSA) is 100 Å². The van der Waals surface area contributed by atoms with E-state index in [1.54, 1.807) is 32.2 Å². The summed E-state index contributed by atoms with van der Waals surface area (Å²) in [6.45, 7) is 2.64. The van der Waals surface area contributed by atoms with E-state index >= 15 is 0 Å². The first-order valence-electron chi connectivity index (χ1n) is 5.91. The quantitative estimate of drug-likeness (QED) is 0.517.